The third kappa shape index (κ3) is 1.80. The van der Waals surface area contributed by atoms with Gasteiger partial charge in [-0.25, -0.2) is 0 Å². The Morgan fingerprint density at radius 2 is 1.35 bits per heavy atom. The van der Waals surface area contributed by atoms with E-state index in [1.54, 1.807) is 0 Å². The van der Waals surface area contributed by atoms with Crippen molar-refractivity contribution in [2.75, 3.05) is 0 Å². The molecule has 0 saturated carbocycles. The molecule has 0 aliphatic carbocycles. The van der Waals surface area contributed by atoms with E-state index < -0.39 is 0 Å². The van der Waals surface area contributed by atoms with Crippen molar-refractivity contribution < 1.29 is 0 Å². The Morgan fingerprint density at radius 3 is 2.09 bits per heavy atom. The van der Waals surface area contributed by atoms with Gasteiger partial charge in [-0.3, -0.25) is 0 Å². The molecule has 5 rings (SSSR count). The van der Waals surface area contributed by atoms with Crippen LogP contribution in [-0.4, -0.2) is 4.57 Å². The van der Waals surface area contributed by atoms with Crippen LogP contribution < -0.4 is 0 Å². The van der Waals surface area contributed by atoms with Crippen LogP contribution in [0.1, 0.15) is 0 Å². The molecule has 1 aromatic heterocycles. The molecule has 0 spiro atoms. The van der Waals surface area contributed by atoms with Crippen molar-refractivity contribution in [3.8, 4) is 5.69 Å². The lowest BCUT2D eigenvalue weighted by molar-refractivity contribution is 1.19. The van der Waals surface area contributed by atoms with E-state index in [2.05, 4.69) is 83.4 Å². The third-order valence-corrected chi connectivity index (χ3v) is 4.51. The normalized spacial score (nSPS) is 11.5. The summed E-state index contributed by atoms with van der Waals surface area (Å²) in [5, 5.41) is 5.05. The molecule has 1 heteroatoms. The van der Waals surface area contributed by atoms with Crippen molar-refractivity contribution in [2.24, 2.45) is 0 Å². The largest absolute Gasteiger partial charge is 0.309 e. The van der Waals surface area contributed by atoms with Gasteiger partial charge in [0.25, 0.3) is 0 Å². The fourth-order valence-electron chi connectivity index (χ4n) is 3.45. The van der Waals surface area contributed by atoms with Gasteiger partial charge in [0.15, 0.2) is 0 Å². The predicted octanol–water partition coefficient (Wildman–Crippen LogP) is 5.74. The Kier molecular flexibility index (Phi) is 2.56. The maximum absolute atomic E-state index is 3.14. The van der Waals surface area contributed by atoms with Crippen LogP contribution in [0.15, 0.2) is 84.9 Å². The van der Waals surface area contributed by atoms with Gasteiger partial charge in [-0.05, 0) is 47.2 Å². The highest BCUT2D eigenvalue weighted by atomic mass is 15.0. The molecule has 107 valence electrons. The second-order valence-electron chi connectivity index (χ2n) is 5.83. The first-order chi connectivity index (χ1) is 11.4. The fraction of sp³-hybridized carbons (Fsp3) is 0. The van der Waals surface area contributed by atoms with Crippen molar-refractivity contribution in [1.82, 2.24) is 4.57 Å². The van der Waals surface area contributed by atoms with E-state index in [4.69, 9.17) is 0 Å². The molecule has 0 N–H and O–H groups in total. The topological polar surface area (TPSA) is 4.93 Å². The molecule has 5 aromatic rings. The van der Waals surface area contributed by atoms with Gasteiger partial charge in [0, 0.05) is 16.5 Å². The van der Waals surface area contributed by atoms with E-state index in [-0.39, 0.29) is 0 Å². The van der Waals surface area contributed by atoms with E-state index in [1.807, 2.05) is 12.1 Å². The number of hydrogen-bond donors (Lipinski definition) is 0. The summed E-state index contributed by atoms with van der Waals surface area (Å²) >= 11 is 0. The van der Waals surface area contributed by atoms with Crippen molar-refractivity contribution in [3.63, 3.8) is 0 Å². The Bertz CT molecular complexity index is 1110. The molecule has 0 aliphatic rings. The molecule has 0 atom stereocenters. The van der Waals surface area contributed by atoms with E-state index >= 15 is 0 Å². The second kappa shape index (κ2) is 4.72. The minimum absolute atomic E-state index is 1.20. The molecule has 0 fully saturated rings. The van der Waals surface area contributed by atoms with Crippen molar-refractivity contribution >= 4 is 32.6 Å². The lowest BCUT2D eigenvalue weighted by Gasteiger charge is -2.09. The molecule has 4 aromatic carbocycles. The number of nitrogens with zero attached hydrogens (tertiary/aromatic N) is 1. The number of para-hydroxylation sites is 2. The predicted molar refractivity (Wildman–Crippen MR) is 97.1 cm³/mol. The molecule has 0 saturated heterocycles. The summed E-state index contributed by atoms with van der Waals surface area (Å²) in [4.78, 5) is 0. The monoisotopic (exact) mass is 292 g/mol. The molecule has 1 nitrogen and oxygen atoms in total. The van der Waals surface area contributed by atoms with Crippen LogP contribution in [0.2, 0.25) is 0 Å². The maximum Gasteiger partial charge on any atom is 0.0541 e. The summed E-state index contributed by atoms with van der Waals surface area (Å²) in [5.41, 5.74) is 3.69. The van der Waals surface area contributed by atoms with Gasteiger partial charge >= 0.3 is 0 Å². The van der Waals surface area contributed by atoms with Crippen molar-refractivity contribution in [2.45, 2.75) is 0 Å². The highest BCUT2D eigenvalue weighted by Gasteiger charge is 2.11. The maximum atomic E-state index is 3.14. The number of rotatable bonds is 1. The van der Waals surface area contributed by atoms with Crippen LogP contribution in [0.25, 0.3) is 38.3 Å². The lowest BCUT2D eigenvalue weighted by Crippen LogP contribution is -1.93. The second-order valence-corrected chi connectivity index (χ2v) is 5.83. The lowest BCUT2D eigenvalue weighted by atomic mass is 10.1. The van der Waals surface area contributed by atoms with Gasteiger partial charge in [0.1, 0.15) is 0 Å². The van der Waals surface area contributed by atoms with Crippen LogP contribution in [0.4, 0.5) is 0 Å². The van der Waals surface area contributed by atoms with Crippen LogP contribution in [0.5, 0.6) is 0 Å². The quantitative estimate of drug-likeness (QED) is 0.371. The average Bonchev–Trinajstić information content (AvgIpc) is 2.96. The summed E-state index contributed by atoms with van der Waals surface area (Å²) in [5.74, 6) is 0. The molecule has 0 aliphatic heterocycles. The number of hydrogen-bond acceptors (Lipinski definition) is 0. The Morgan fingerprint density at radius 1 is 0.652 bits per heavy atom. The minimum Gasteiger partial charge on any atom is -0.309 e. The van der Waals surface area contributed by atoms with Gasteiger partial charge in [-0.15, -0.1) is 0 Å². The molecule has 23 heavy (non-hydrogen) atoms. The average molecular weight is 292 g/mol. The molecular weight excluding hydrogens is 278 g/mol. The third-order valence-electron chi connectivity index (χ3n) is 4.51. The zero-order valence-corrected chi connectivity index (χ0v) is 12.5. The zero-order chi connectivity index (χ0) is 15.2. The summed E-state index contributed by atoms with van der Waals surface area (Å²) in [6.07, 6.45) is 0. The van der Waals surface area contributed by atoms with Crippen LogP contribution in [-0.2, 0) is 0 Å². The first-order valence-corrected chi connectivity index (χ1v) is 7.80. The highest BCUT2D eigenvalue weighted by Crippen LogP contribution is 2.32. The zero-order valence-electron chi connectivity index (χ0n) is 12.5. The summed E-state index contributed by atoms with van der Waals surface area (Å²) in [6, 6.07) is 33.1. The molecule has 0 unspecified atom stereocenters. The smallest absolute Gasteiger partial charge is 0.0541 e. The molecular formula is C22H14N. The van der Waals surface area contributed by atoms with E-state index in [9.17, 15) is 0 Å². The van der Waals surface area contributed by atoms with Crippen LogP contribution >= 0.6 is 0 Å². The first-order valence-electron chi connectivity index (χ1n) is 7.80. The van der Waals surface area contributed by atoms with Crippen molar-refractivity contribution in [3.05, 3.63) is 91.0 Å². The summed E-state index contributed by atoms with van der Waals surface area (Å²) in [7, 11) is 0. The fourth-order valence-corrected chi connectivity index (χ4v) is 3.45. The Labute approximate surface area is 134 Å². The Hall–Kier alpha value is -3.06. The van der Waals surface area contributed by atoms with Crippen LogP contribution in [0.3, 0.4) is 0 Å². The van der Waals surface area contributed by atoms with Gasteiger partial charge < -0.3 is 4.57 Å². The molecule has 1 heterocycles. The SMILES string of the molecule is [c]1ccc2cc(-n3c4ccccc4c4ccccc43)ccc2c1. The van der Waals surface area contributed by atoms with E-state index in [0.29, 0.717) is 0 Å². The van der Waals surface area contributed by atoms with E-state index in [1.165, 1.54) is 38.3 Å². The molecule has 0 amide bonds. The standard InChI is InChI=1S/C22H14N/c1-2-8-17-15-18(14-13-16(17)7-1)23-21-11-5-3-9-19(21)20-10-4-6-12-22(20)23/h2-15H. The van der Waals surface area contributed by atoms with Crippen molar-refractivity contribution in [1.29, 1.82) is 0 Å². The van der Waals surface area contributed by atoms with Gasteiger partial charge in [0.2, 0.25) is 0 Å². The first kappa shape index (κ1) is 12.5. The van der Waals surface area contributed by atoms with Gasteiger partial charge in [-0.2, -0.15) is 0 Å². The Balaban J connectivity index is 1.93. The van der Waals surface area contributed by atoms with E-state index in [0.717, 1.165) is 0 Å². The molecule has 1 radical (unpaired) electrons. The highest BCUT2D eigenvalue weighted by molar-refractivity contribution is 6.09. The summed E-state index contributed by atoms with van der Waals surface area (Å²) < 4.78 is 2.35. The van der Waals surface area contributed by atoms with Gasteiger partial charge in [0.05, 0.1) is 11.0 Å². The number of aromatic nitrogens is 1. The van der Waals surface area contributed by atoms with Gasteiger partial charge in [-0.1, -0.05) is 54.6 Å². The molecule has 0 bridgehead atoms. The summed E-state index contributed by atoms with van der Waals surface area (Å²) in [6.45, 7) is 0. The number of benzene rings is 4. The minimum atomic E-state index is 1.20. The number of fused-ring (bicyclic) bond motifs is 4. The van der Waals surface area contributed by atoms with Crippen LogP contribution in [0, 0.1) is 6.07 Å².